The molecule has 3 N–H and O–H groups in total. The Bertz CT molecular complexity index is 1050. The Morgan fingerprint density at radius 3 is 2.55 bits per heavy atom. The molecule has 0 unspecified atom stereocenters. The Hall–Kier alpha value is -2.67. The number of carbonyl (C=O) groups excluding carboxylic acids is 1. The molecule has 1 saturated heterocycles. The molecular formula is C22H24FN3O2S. The number of benzene rings is 2. The van der Waals surface area contributed by atoms with Gasteiger partial charge in [0.2, 0.25) is 5.91 Å². The molecule has 0 aliphatic carbocycles. The number of aryl methyl sites for hydroxylation is 1. The minimum atomic E-state index is -0.697. The minimum Gasteiger partial charge on any atom is -0.382 e. The summed E-state index contributed by atoms with van der Waals surface area (Å²) >= 11 is 0. The van der Waals surface area contributed by atoms with E-state index in [2.05, 4.69) is 11.4 Å². The number of anilines is 1. The molecule has 1 aliphatic rings. The van der Waals surface area contributed by atoms with E-state index < -0.39 is 23.4 Å². The van der Waals surface area contributed by atoms with Gasteiger partial charge in [0, 0.05) is 50.7 Å². The number of hydrogen-bond donors (Lipinski definition) is 2. The van der Waals surface area contributed by atoms with E-state index in [0.717, 1.165) is 52.2 Å². The Balaban J connectivity index is 1.73. The Labute approximate surface area is 171 Å². The van der Waals surface area contributed by atoms with Gasteiger partial charge in [0.1, 0.15) is 6.67 Å². The van der Waals surface area contributed by atoms with Crippen molar-refractivity contribution in [3.63, 3.8) is 0 Å². The van der Waals surface area contributed by atoms with E-state index >= 15 is 0 Å². The van der Waals surface area contributed by atoms with Crippen LogP contribution in [-0.2, 0) is 17.3 Å². The highest BCUT2D eigenvalue weighted by Crippen LogP contribution is 2.33. The van der Waals surface area contributed by atoms with Crippen LogP contribution in [0.2, 0.25) is 0 Å². The molecule has 2 aromatic carbocycles. The first-order chi connectivity index (χ1) is 14.1. The maximum Gasteiger partial charge on any atom is 0.248 e. The van der Waals surface area contributed by atoms with Crippen molar-refractivity contribution in [2.24, 2.45) is 5.73 Å². The molecule has 1 aromatic heterocycles. The first-order valence-electron chi connectivity index (χ1n) is 9.77. The molecule has 2 heterocycles. The molecule has 29 heavy (non-hydrogen) atoms. The molecule has 1 amide bonds. The van der Waals surface area contributed by atoms with Gasteiger partial charge in [0.25, 0.3) is 0 Å². The van der Waals surface area contributed by atoms with Crippen LogP contribution in [0, 0.1) is 0 Å². The zero-order valence-electron chi connectivity index (χ0n) is 16.1. The molecule has 0 bridgehead atoms. The third-order valence-corrected chi connectivity index (χ3v) is 6.85. The second kappa shape index (κ2) is 8.37. The van der Waals surface area contributed by atoms with Gasteiger partial charge in [-0.25, -0.2) is 4.39 Å². The number of carbonyl (C=O) groups is 1. The summed E-state index contributed by atoms with van der Waals surface area (Å²) in [7, 11) is -0.697. The van der Waals surface area contributed by atoms with Gasteiger partial charge in [0.05, 0.1) is 12.1 Å². The maximum atomic E-state index is 13.3. The molecule has 0 atom stereocenters. The number of hydrogen-bond acceptors (Lipinski definition) is 3. The highest BCUT2D eigenvalue weighted by atomic mass is 32.2. The van der Waals surface area contributed by atoms with Crippen molar-refractivity contribution in [2.45, 2.75) is 25.4 Å². The number of primary amides is 1. The lowest BCUT2D eigenvalue weighted by Crippen LogP contribution is -2.29. The Kier molecular flexibility index (Phi) is 5.67. The first-order valence-corrected chi connectivity index (χ1v) is 11.3. The number of nitrogens with one attached hydrogen (secondary N) is 1. The van der Waals surface area contributed by atoms with Gasteiger partial charge in [-0.15, -0.1) is 0 Å². The number of alkyl halides is 1. The largest absolute Gasteiger partial charge is 0.382 e. The fourth-order valence-electron chi connectivity index (χ4n) is 3.94. The first kappa shape index (κ1) is 19.6. The average molecular weight is 414 g/mol. The molecule has 0 radical (unpaired) electrons. The zero-order chi connectivity index (χ0) is 20.4. The quantitative estimate of drug-likeness (QED) is 0.647. The summed E-state index contributed by atoms with van der Waals surface area (Å²) in [4.78, 5) is 11.4. The minimum absolute atomic E-state index is 0.252. The van der Waals surface area contributed by atoms with E-state index in [4.69, 9.17) is 5.73 Å². The zero-order valence-corrected chi connectivity index (χ0v) is 16.9. The van der Waals surface area contributed by atoms with Crippen molar-refractivity contribution in [1.82, 2.24) is 4.57 Å². The summed E-state index contributed by atoms with van der Waals surface area (Å²) < 4.78 is 26.9. The van der Waals surface area contributed by atoms with Crippen molar-refractivity contribution >= 4 is 33.3 Å². The average Bonchev–Trinajstić information content (AvgIpc) is 3.10. The lowest BCUT2D eigenvalue weighted by molar-refractivity contribution is 0.100. The predicted molar refractivity (Wildman–Crippen MR) is 116 cm³/mol. The van der Waals surface area contributed by atoms with Gasteiger partial charge in [0.15, 0.2) is 0 Å². The van der Waals surface area contributed by atoms with E-state index in [9.17, 15) is 13.4 Å². The number of nitrogens with two attached hydrogens (primary N) is 1. The van der Waals surface area contributed by atoms with Crippen molar-refractivity contribution < 1.29 is 13.4 Å². The maximum absolute atomic E-state index is 13.3. The van der Waals surface area contributed by atoms with Crippen LogP contribution >= 0.6 is 0 Å². The molecule has 0 spiro atoms. The summed E-state index contributed by atoms with van der Waals surface area (Å²) in [5, 5.41) is 4.63. The summed E-state index contributed by atoms with van der Waals surface area (Å²) in [6.07, 6.45) is 1.77. The van der Waals surface area contributed by atoms with Gasteiger partial charge < -0.3 is 15.6 Å². The highest BCUT2D eigenvalue weighted by molar-refractivity contribution is 7.85. The summed E-state index contributed by atoms with van der Waals surface area (Å²) in [5.74, 6) is 0.989. The second-order valence-electron chi connectivity index (χ2n) is 7.32. The van der Waals surface area contributed by atoms with Crippen LogP contribution in [0.4, 0.5) is 10.1 Å². The summed E-state index contributed by atoms with van der Waals surface area (Å²) in [6, 6.07) is 15.4. The molecule has 3 aromatic rings. The molecule has 1 fully saturated rings. The van der Waals surface area contributed by atoms with Crippen molar-refractivity contribution in [1.29, 1.82) is 0 Å². The van der Waals surface area contributed by atoms with E-state index in [1.807, 2.05) is 34.9 Å². The van der Waals surface area contributed by atoms with E-state index in [1.54, 1.807) is 12.1 Å². The van der Waals surface area contributed by atoms with Crippen molar-refractivity contribution in [3.05, 3.63) is 54.1 Å². The summed E-state index contributed by atoms with van der Waals surface area (Å²) in [6.45, 7) is -0.218. The number of aromatic nitrogens is 1. The van der Waals surface area contributed by atoms with Gasteiger partial charge in [-0.05, 0) is 48.7 Å². The van der Waals surface area contributed by atoms with Crippen LogP contribution in [0.15, 0.2) is 48.5 Å². The number of amides is 1. The standard InChI is InChI=1S/C22H24FN3O2S/c23-10-11-26-20-3-1-2-19(25-17-8-12-29(28)13-9-17)18(20)14-21(26)15-4-6-16(7-5-15)22(24)27/h1-7,14,17,25H,8-13H2,(H2,24,27). The third-order valence-electron chi connectivity index (χ3n) is 5.47. The molecule has 4 rings (SSSR count). The monoisotopic (exact) mass is 413 g/mol. The van der Waals surface area contributed by atoms with Crippen molar-refractivity contribution in [3.8, 4) is 11.3 Å². The van der Waals surface area contributed by atoms with Crippen LogP contribution < -0.4 is 11.1 Å². The topological polar surface area (TPSA) is 77.1 Å². The van der Waals surface area contributed by atoms with E-state index in [0.29, 0.717) is 11.6 Å². The van der Waals surface area contributed by atoms with Crippen LogP contribution in [0.25, 0.3) is 22.2 Å². The van der Waals surface area contributed by atoms with Crippen LogP contribution in [0.3, 0.4) is 0 Å². The van der Waals surface area contributed by atoms with Crippen LogP contribution in [0.5, 0.6) is 0 Å². The van der Waals surface area contributed by atoms with Gasteiger partial charge in [-0.1, -0.05) is 18.2 Å². The molecule has 5 nitrogen and oxygen atoms in total. The second-order valence-corrected chi connectivity index (χ2v) is 9.01. The Morgan fingerprint density at radius 2 is 1.90 bits per heavy atom. The van der Waals surface area contributed by atoms with Crippen LogP contribution in [-0.4, -0.2) is 38.9 Å². The normalized spacial score (nSPS) is 19.3. The third kappa shape index (κ3) is 4.05. The van der Waals surface area contributed by atoms with Gasteiger partial charge in [-0.2, -0.15) is 0 Å². The highest BCUT2D eigenvalue weighted by Gasteiger charge is 2.19. The van der Waals surface area contributed by atoms with Gasteiger partial charge >= 0.3 is 0 Å². The molecule has 0 saturated carbocycles. The van der Waals surface area contributed by atoms with Crippen LogP contribution in [0.1, 0.15) is 23.2 Å². The SMILES string of the molecule is NC(=O)c1ccc(-c2cc3c(NC4CCS(=O)CC4)cccc3n2CCF)cc1. The number of fused-ring (bicyclic) bond motifs is 1. The number of rotatable bonds is 6. The fraction of sp³-hybridized carbons (Fsp3) is 0.318. The Morgan fingerprint density at radius 1 is 1.17 bits per heavy atom. The lowest BCUT2D eigenvalue weighted by Gasteiger charge is -2.24. The lowest BCUT2D eigenvalue weighted by atomic mass is 10.1. The molecule has 7 heteroatoms. The van der Waals surface area contributed by atoms with Gasteiger partial charge in [-0.3, -0.25) is 9.00 Å². The molecule has 1 aliphatic heterocycles. The van der Waals surface area contributed by atoms with E-state index in [-0.39, 0.29) is 6.54 Å². The smallest absolute Gasteiger partial charge is 0.248 e. The number of halogens is 1. The van der Waals surface area contributed by atoms with Crippen molar-refractivity contribution in [2.75, 3.05) is 23.5 Å². The predicted octanol–water partition coefficient (Wildman–Crippen LogP) is 3.70. The van der Waals surface area contributed by atoms with E-state index in [1.165, 1.54) is 0 Å². The molecule has 152 valence electrons. The molecular weight excluding hydrogens is 389 g/mol. The summed E-state index contributed by atoms with van der Waals surface area (Å²) in [5.41, 5.74) is 9.55. The fourth-order valence-corrected chi connectivity index (χ4v) is 5.24. The number of nitrogens with zero attached hydrogens (tertiary/aromatic N) is 1.